The first kappa shape index (κ1) is 29.6. The molecule has 0 bridgehead atoms. The molecule has 1 aromatic heterocycles. The molecule has 4 amide bonds. The predicted octanol–water partition coefficient (Wildman–Crippen LogP) is -0.580. The fourth-order valence-corrected chi connectivity index (χ4v) is 4.06. The molecule has 212 valence electrons. The molecule has 3 rings (SSSR count). The van der Waals surface area contributed by atoms with Crippen molar-refractivity contribution in [2.45, 2.75) is 50.4 Å². The Bertz CT molecular complexity index is 1390. The molecule has 0 radical (unpaired) electrons. The van der Waals surface area contributed by atoms with Crippen LogP contribution < -0.4 is 27.4 Å². The van der Waals surface area contributed by atoms with Gasteiger partial charge in [0.1, 0.15) is 23.9 Å². The van der Waals surface area contributed by atoms with Crippen LogP contribution in [0.5, 0.6) is 5.75 Å². The zero-order valence-corrected chi connectivity index (χ0v) is 21.7. The summed E-state index contributed by atoms with van der Waals surface area (Å²) in [5.41, 5.74) is 12.9. The summed E-state index contributed by atoms with van der Waals surface area (Å²) in [4.78, 5) is 64.6. The highest BCUT2D eigenvalue weighted by atomic mass is 16.4. The van der Waals surface area contributed by atoms with E-state index in [4.69, 9.17) is 11.5 Å². The molecule has 0 spiro atoms. The largest absolute Gasteiger partial charge is 0.508 e. The summed E-state index contributed by atoms with van der Waals surface area (Å²) in [7, 11) is 0. The lowest BCUT2D eigenvalue weighted by atomic mass is 10.0. The number of carbonyl (C=O) groups is 5. The zero-order valence-electron chi connectivity index (χ0n) is 21.7. The number of carboxylic acids is 1. The number of carboxylic acid groups (broad SMARTS) is 1. The molecule has 0 aliphatic carbocycles. The van der Waals surface area contributed by atoms with Crippen LogP contribution in [0.15, 0.2) is 54.7 Å². The molecule has 0 aliphatic rings. The average Bonchev–Trinajstić information content (AvgIpc) is 3.31. The molecule has 4 unspecified atom stereocenters. The van der Waals surface area contributed by atoms with Gasteiger partial charge < -0.3 is 42.6 Å². The number of phenols is 1. The first-order chi connectivity index (χ1) is 18.9. The number of rotatable bonds is 13. The van der Waals surface area contributed by atoms with Gasteiger partial charge >= 0.3 is 5.97 Å². The number of aromatic hydroxyl groups is 1. The quantitative estimate of drug-likeness (QED) is 0.136. The molecule has 0 saturated carbocycles. The average molecular weight is 553 g/mol. The first-order valence-corrected chi connectivity index (χ1v) is 12.4. The zero-order chi connectivity index (χ0) is 29.4. The summed E-state index contributed by atoms with van der Waals surface area (Å²) in [6.45, 7) is 1.37. The molecule has 13 heteroatoms. The van der Waals surface area contributed by atoms with Gasteiger partial charge in [0.2, 0.25) is 23.6 Å². The Kier molecular flexibility index (Phi) is 9.81. The maximum absolute atomic E-state index is 13.1. The number of aromatic amines is 1. The van der Waals surface area contributed by atoms with E-state index in [1.165, 1.54) is 19.1 Å². The maximum atomic E-state index is 13.1. The number of hydrogen-bond donors (Lipinski definition) is 8. The van der Waals surface area contributed by atoms with Gasteiger partial charge in [-0.3, -0.25) is 19.2 Å². The Labute approximate surface area is 229 Å². The lowest BCUT2D eigenvalue weighted by Gasteiger charge is -2.23. The van der Waals surface area contributed by atoms with Crippen molar-refractivity contribution in [3.63, 3.8) is 0 Å². The Morgan fingerprint density at radius 3 is 2.17 bits per heavy atom. The number of hydrogen-bond acceptors (Lipinski definition) is 7. The van der Waals surface area contributed by atoms with Crippen LogP contribution in [0.25, 0.3) is 10.9 Å². The van der Waals surface area contributed by atoms with E-state index in [2.05, 4.69) is 20.9 Å². The first-order valence-electron chi connectivity index (χ1n) is 12.4. The molecule has 10 N–H and O–H groups in total. The molecular formula is C27H32N6O7. The topological polar surface area (TPSA) is 230 Å². The number of para-hydroxylation sites is 1. The smallest absolute Gasteiger partial charge is 0.326 e. The lowest BCUT2D eigenvalue weighted by Crippen LogP contribution is -2.57. The second-order valence-corrected chi connectivity index (χ2v) is 9.40. The van der Waals surface area contributed by atoms with Crippen molar-refractivity contribution < 1.29 is 34.2 Å². The standard InChI is InChI=1S/C27H32N6O7/c1-14(24(36)33-22(27(39)40)11-16-13-30-20-5-3-2-4-18(16)20)31-26(38)21(10-15-6-8-17(34)9-7-15)32-25(37)19(28)12-23(29)35/h2-9,13-14,19,21-22,30,34H,10-12,28H2,1H3,(H2,29,35)(H,31,38)(H,32,37)(H,33,36)(H,39,40). The van der Waals surface area contributed by atoms with E-state index in [1.807, 2.05) is 24.3 Å². The van der Waals surface area contributed by atoms with Gasteiger partial charge in [-0.25, -0.2) is 4.79 Å². The third kappa shape index (κ3) is 8.04. The van der Waals surface area contributed by atoms with Crippen LogP contribution in [-0.4, -0.2) is 69.0 Å². The van der Waals surface area contributed by atoms with E-state index >= 15 is 0 Å². The van der Waals surface area contributed by atoms with Gasteiger partial charge in [-0.1, -0.05) is 30.3 Å². The number of nitrogens with two attached hydrogens (primary N) is 2. The molecule has 4 atom stereocenters. The van der Waals surface area contributed by atoms with Crippen molar-refractivity contribution >= 4 is 40.5 Å². The van der Waals surface area contributed by atoms with E-state index < -0.39 is 60.2 Å². The number of aromatic nitrogens is 1. The van der Waals surface area contributed by atoms with Crippen LogP contribution in [0.2, 0.25) is 0 Å². The van der Waals surface area contributed by atoms with Crippen molar-refractivity contribution in [1.29, 1.82) is 0 Å². The molecule has 40 heavy (non-hydrogen) atoms. The molecular weight excluding hydrogens is 520 g/mol. The molecule has 2 aromatic carbocycles. The van der Waals surface area contributed by atoms with Gasteiger partial charge in [0.25, 0.3) is 0 Å². The molecule has 0 fully saturated rings. The Balaban J connectivity index is 1.69. The van der Waals surface area contributed by atoms with Crippen molar-refractivity contribution in [1.82, 2.24) is 20.9 Å². The minimum Gasteiger partial charge on any atom is -0.508 e. The highest BCUT2D eigenvalue weighted by Crippen LogP contribution is 2.19. The van der Waals surface area contributed by atoms with E-state index in [-0.39, 0.29) is 18.6 Å². The summed E-state index contributed by atoms with van der Waals surface area (Å²) in [5.74, 6) is -4.35. The molecule has 13 nitrogen and oxygen atoms in total. The third-order valence-corrected chi connectivity index (χ3v) is 6.23. The van der Waals surface area contributed by atoms with E-state index in [0.717, 1.165) is 10.9 Å². The second kappa shape index (κ2) is 13.2. The third-order valence-electron chi connectivity index (χ3n) is 6.23. The predicted molar refractivity (Wildman–Crippen MR) is 145 cm³/mol. The number of benzene rings is 2. The van der Waals surface area contributed by atoms with Gasteiger partial charge in [-0.05, 0) is 36.2 Å². The van der Waals surface area contributed by atoms with Gasteiger partial charge in [-0.2, -0.15) is 0 Å². The fraction of sp³-hybridized carbons (Fsp3) is 0.296. The number of amides is 4. The van der Waals surface area contributed by atoms with Crippen LogP contribution in [0.4, 0.5) is 0 Å². The van der Waals surface area contributed by atoms with E-state index in [9.17, 15) is 34.2 Å². The van der Waals surface area contributed by atoms with Crippen LogP contribution in [0, 0.1) is 0 Å². The number of primary amides is 1. The second-order valence-electron chi connectivity index (χ2n) is 9.40. The van der Waals surface area contributed by atoms with Crippen molar-refractivity contribution in [3.05, 3.63) is 65.9 Å². The minimum absolute atomic E-state index is 0.00295. The van der Waals surface area contributed by atoms with Crippen LogP contribution in [0.1, 0.15) is 24.5 Å². The van der Waals surface area contributed by atoms with Crippen LogP contribution in [-0.2, 0) is 36.8 Å². The van der Waals surface area contributed by atoms with Crippen LogP contribution in [0.3, 0.4) is 0 Å². The lowest BCUT2D eigenvalue weighted by molar-refractivity contribution is -0.142. The number of phenolic OH excluding ortho intramolecular Hbond substituents is 1. The SMILES string of the molecule is CC(NC(=O)C(Cc1ccc(O)cc1)NC(=O)C(N)CC(N)=O)C(=O)NC(Cc1c[nH]c2ccccc12)C(=O)O. The van der Waals surface area contributed by atoms with Gasteiger partial charge in [0.05, 0.1) is 12.5 Å². The molecule has 3 aromatic rings. The molecule has 1 heterocycles. The number of aliphatic carboxylic acids is 1. The number of fused-ring (bicyclic) bond motifs is 1. The summed E-state index contributed by atoms with van der Waals surface area (Å²) in [6, 6.07) is 8.28. The summed E-state index contributed by atoms with van der Waals surface area (Å²) in [6.07, 6.45) is 1.21. The number of carbonyl (C=O) groups excluding carboxylic acids is 4. The summed E-state index contributed by atoms with van der Waals surface area (Å²) < 4.78 is 0. The number of H-pyrrole nitrogens is 1. The van der Waals surface area contributed by atoms with Gasteiger partial charge in [0.15, 0.2) is 0 Å². The van der Waals surface area contributed by atoms with Crippen molar-refractivity contribution in [2.24, 2.45) is 11.5 Å². The Morgan fingerprint density at radius 1 is 0.875 bits per heavy atom. The van der Waals surface area contributed by atoms with Gasteiger partial charge in [-0.15, -0.1) is 0 Å². The van der Waals surface area contributed by atoms with Crippen molar-refractivity contribution in [3.8, 4) is 5.75 Å². The normalized spacial score (nSPS) is 13.9. The fourth-order valence-electron chi connectivity index (χ4n) is 4.06. The van der Waals surface area contributed by atoms with E-state index in [0.29, 0.717) is 11.1 Å². The Hall–Kier alpha value is -4.91. The van der Waals surface area contributed by atoms with Gasteiger partial charge in [0, 0.05) is 29.9 Å². The van der Waals surface area contributed by atoms with E-state index in [1.54, 1.807) is 18.3 Å². The monoisotopic (exact) mass is 552 g/mol. The van der Waals surface area contributed by atoms with Crippen molar-refractivity contribution in [2.75, 3.05) is 0 Å². The highest BCUT2D eigenvalue weighted by molar-refractivity contribution is 5.95. The Morgan fingerprint density at radius 2 is 1.52 bits per heavy atom. The van der Waals surface area contributed by atoms with Crippen LogP contribution >= 0.6 is 0 Å². The highest BCUT2D eigenvalue weighted by Gasteiger charge is 2.29. The minimum atomic E-state index is -1.30. The maximum Gasteiger partial charge on any atom is 0.326 e. The molecule has 0 aliphatic heterocycles. The summed E-state index contributed by atoms with van der Waals surface area (Å²) in [5, 5.41) is 27.5. The summed E-state index contributed by atoms with van der Waals surface area (Å²) >= 11 is 0. The number of nitrogens with one attached hydrogen (secondary N) is 4. The molecule has 0 saturated heterocycles.